The van der Waals surface area contributed by atoms with E-state index in [1.165, 1.54) is 11.9 Å². The van der Waals surface area contributed by atoms with Gasteiger partial charge >= 0.3 is 0 Å². The Hall–Kier alpha value is -2.49. The maximum Gasteiger partial charge on any atom is 0.180 e. The standard InChI is InChI=1S/C24H22ClN5OS2/c25-19-11-10-17(16-22(19)33-30-12-14-31-15-13-30)26-23-24(29-32-18-6-2-1-3-7-18)28-21-9-5-4-8-20(21)27-23/h1-11,16H,12-15H2,(H,26,27)(H,28,29). The van der Waals surface area contributed by atoms with Crippen LogP contribution >= 0.6 is 35.5 Å². The molecule has 1 aromatic heterocycles. The third kappa shape index (κ3) is 5.72. The molecule has 0 spiro atoms. The highest BCUT2D eigenvalue weighted by Gasteiger charge is 2.15. The summed E-state index contributed by atoms with van der Waals surface area (Å²) in [6, 6.07) is 23.9. The molecule has 168 valence electrons. The molecule has 0 bridgehead atoms. The fraction of sp³-hybridized carbons (Fsp3) is 0.167. The van der Waals surface area contributed by atoms with E-state index in [1.807, 2.05) is 72.8 Å². The van der Waals surface area contributed by atoms with E-state index in [1.54, 1.807) is 11.9 Å². The first-order valence-electron chi connectivity index (χ1n) is 10.6. The molecule has 0 atom stereocenters. The van der Waals surface area contributed by atoms with Crippen LogP contribution in [-0.4, -0.2) is 40.6 Å². The highest BCUT2D eigenvalue weighted by molar-refractivity contribution is 8.00. The summed E-state index contributed by atoms with van der Waals surface area (Å²) in [5.41, 5.74) is 2.55. The monoisotopic (exact) mass is 495 g/mol. The van der Waals surface area contributed by atoms with Crippen LogP contribution in [0.3, 0.4) is 0 Å². The minimum atomic E-state index is 0.654. The van der Waals surface area contributed by atoms with E-state index < -0.39 is 0 Å². The van der Waals surface area contributed by atoms with E-state index in [4.69, 9.17) is 26.3 Å². The quantitative estimate of drug-likeness (QED) is 0.282. The smallest absolute Gasteiger partial charge is 0.180 e. The summed E-state index contributed by atoms with van der Waals surface area (Å²) in [6.45, 7) is 3.23. The number of halogens is 1. The minimum Gasteiger partial charge on any atom is -0.379 e. The molecule has 33 heavy (non-hydrogen) atoms. The van der Waals surface area contributed by atoms with Crippen molar-refractivity contribution < 1.29 is 4.74 Å². The molecule has 1 fully saturated rings. The lowest BCUT2D eigenvalue weighted by Crippen LogP contribution is -2.30. The molecule has 5 rings (SSSR count). The van der Waals surface area contributed by atoms with Gasteiger partial charge in [0.05, 0.1) is 29.3 Å². The van der Waals surface area contributed by atoms with Crippen molar-refractivity contribution in [3.05, 3.63) is 77.8 Å². The second-order valence-corrected chi connectivity index (χ2v) is 9.76. The van der Waals surface area contributed by atoms with Gasteiger partial charge in [-0.2, -0.15) is 0 Å². The molecule has 9 heteroatoms. The van der Waals surface area contributed by atoms with Gasteiger partial charge in [0.2, 0.25) is 0 Å². The van der Waals surface area contributed by atoms with Crippen LogP contribution in [0.25, 0.3) is 11.0 Å². The van der Waals surface area contributed by atoms with Crippen LogP contribution < -0.4 is 10.0 Å². The van der Waals surface area contributed by atoms with Crippen LogP contribution in [0.4, 0.5) is 17.3 Å². The number of anilines is 3. The van der Waals surface area contributed by atoms with Gasteiger partial charge in [-0.25, -0.2) is 14.3 Å². The first-order chi connectivity index (χ1) is 16.2. The second kappa shape index (κ2) is 10.6. The Labute approximate surface area is 206 Å². The zero-order valence-corrected chi connectivity index (χ0v) is 20.1. The average Bonchev–Trinajstić information content (AvgIpc) is 2.86. The van der Waals surface area contributed by atoms with Gasteiger partial charge in [0.25, 0.3) is 0 Å². The van der Waals surface area contributed by atoms with Gasteiger partial charge in [-0.1, -0.05) is 41.9 Å². The van der Waals surface area contributed by atoms with Crippen LogP contribution in [-0.2, 0) is 4.74 Å². The normalized spacial score (nSPS) is 14.3. The number of morpholine rings is 1. The van der Waals surface area contributed by atoms with E-state index in [-0.39, 0.29) is 0 Å². The summed E-state index contributed by atoms with van der Waals surface area (Å²) >= 11 is 9.65. The van der Waals surface area contributed by atoms with Crippen LogP contribution in [0.2, 0.25) is 5.02 Å². The molecule has 6 nitrogen and oxygen atoms in total. The highest BCUT2D eigenvalue weighted by Crippen LogP contribution is 2.35. The van der Waals surface area contributed by atoms with Crippen molar-refractivity contribution in [3.8, 4) is 0 Å². The van der Waals surface area contributed by atoms with E-state index in [2.05, 4.69) is 14.3 Å². The number of nitrogens with zero attached hydrogens (tertiary/aromatic N) is 3. The fourth-order valence-electron chi connectivity index (χ4n) is 3.32. The predicted molar refractivity (Wildman–Crippen MR) is 138 cm³/mol. The number of hydrogen-bond acceptors (Lipinski definition) is 8. The summed E-state index contributed by atoms with van der Waals surface area (Å²) in [6.07, 6.45) is 0. The molecule has 1 aliphatic heterocycles. The molecule has 1 aliphatic rings. The highest BCUT2D eigenvalue weighted by atomic mass is 35.5. The van der Waals surface area contributed by atoms with Crippen LogP contribution in [0.15, 0.2) is 82.6 Å². The second-order valence-electron chi connectivity index (χ2n) is 7.33. The van der Waals surface area contributed by atoms with Crippen LogP contribution in [0, 0.1) is 0 Å². The average molecular weight is 496 g/mol. The predicted octanol–water partition coefficient (Wildman–Crippen LogP) is 6.49. The number of ether oxygens (including phenoxy) is 1. The van der Waals surface area contributed by atoms with Gasteiger partial charge < -0.3 is 14.8 Å². The summed E-state index contributed by atoms with van der Waals surface area (Å²) < 4.78 is 11.1. The number of nitrogens with one attached hydrogen (secondary N) is 2. The summed E-state index contributed by atoms with van der Waals surface area (Å²) in [5.74, 6) is 1.32. The molecule has 2 N–H and O–H groups in total. The summed E-state index contributed by atoms with van der Waals surface area (Å²) in [4.78, 5) is 11.7. The Kier molecular flexibility index (Phi) is 7.18. The molecule has 0 saturated carbocycles. The topological polar surface area (TPSA) is 62.3 Å². The van der Waals surface area contributed by atoms with Crippen molar-refractivity contribution in [2.75, 3.05) is 36.3 Å². The Morgan fingerprint density at radius 2 is 1.55 bits per heavy atom. The van der Waals surface area contributed by atoms with Gasteiger partial charge in [0.15, 0.2) is 11.6 Å². The van der Waals surface area contributed by atoms with Crippen molar-refractivity contribution in [2.45, 2.75) is 9.79 Å². The molecule has 1 saturated heterocycles. The maximum atomic E-state index is 6.50. The first kappa shape index (κ1) is 22.3. The Bertz CT molecular complexity index is 1240. The molecule has 4 aromatic rings. The Morgan fingerprint density at radius 1 is 0.848 bits per heavy atom. The van der Waals surface area contributed by atoms with Crippen LogP contribution in [0.1, 0.15) is 0 Å². The van der Waals surface area contributed by atoms with Crippen molar-refractivity contribution in [2.24, 2.45) is 0 Å². The minimum absolute atomic E-state index is 0.654. The lowest BCUT2D eigenvalue weighted by molar-refractivity contribution is 0.0773. The third-order valence-corrected chi connectivity index (χ3v) is 7.37. The number of hydrogen-bond donors (Lipinski definition) is 2. The molecule has 0 aliphatic carbocycles. The zero-order valence-electron chi connectivity index (χ0n) is 17.7. The molecule has 0 amide bonds. The van der Waals surface area contributed by atoms with E-state index in [9.17, 15) is 0 Å². The molecular weight excluding hydrogens is 474 g/mol. The molecule has 0 radical (unpaired) electrons. The van der Waals surface area contributed by atoms with E-state index >= 15 is 0 Å². The molecule has 3 aromatic carbocycles. The van der Waals surface area contributed by atoms with Gasteiger partial charge in [-0.15, -0.1) is 0 Å². The van der Waals surface area contributed by atoms with E-state index in [0.717, 1.165) is 57.8 Å². The largest absolute Gasteiger partial charge is 0.379 e. The maximum absolute atomic E-state index is 6.50. The van der Waals surface area contributed by atoms with Gasteiger partial charge in [-0.3, -0.25) is 0 Å². The zero-order chi connectivity index (χ0) is 22.5. The Balaban J connectivity index is 1.41. The van der Waals surface area contributed by atoms with Gasteiger partial charge in [0.1, 0.15) is 0 Å². The first-order valence-corrected chi connectivity index (χ1v) is 12.5. The number of fused-ring (bicyclic) bond motifs is 1. The SMILES string of the molecule is Clc1ccc(Nc2nc3ccccc3nc2NSc2ccccc2)cc1SN1CCOCC1. The van der Waals surface area contributed by atoms with Gasteiger partial charge in [0, 0.05) is 28.6 Å². The van der Waals surface area contributed by atoms with E-state index in [0.29, 0.717) is 11.6 Å². The Morgan fingerprint density at radius 3 is 2.30 bits per heavy atom. The lowest BCUT2D eigenvalue weighted by atomic mass is 10.3. The number of rotatable bonds is 7. The lowest BCUT2D eigenvalue weighted by Gasteiger charge is -2.25. The molecule has 0 unspecified atom stereocenters. The fourth-order valence-corrected chi connectivity index (χ4v) is 5.13. The third-order valence-electron chi connectivity index (χ3n) is 4.97. The number of aromatic nitrogens is 2. The van der Waals surface area contributed by atoms with Crippen molar-refractivity contribution in [1.82, 2.24) is 14.3 Å². The number of para-hydroxylation sites is 2. The van der Waals surface area contributed by atoms with Crippen molar-refractivity contribution in [1.29, 1.82) is 0 Å². The summed E-state index contributed by atoms with van der Waals surface area (Å²) in [5, 5.41) is 4.16. The van der Waals surface area contributed by atoms with Crippen molar-refractivity contribution in [3.63, 3.8) is 0 Å². The number of benzene rings is 3. The molecule has 2 heterocycles. The van der Waals surface area contributed by atoms with Gasteiger partial charge in [-0.05, 0) is 66.4 Å². The van der Waals surface area contributed by atoms with Crippen LogP contribution in [0.5, 0.6) is 0 Å². The summed E-state index contributed by atoms with van der Waals surface area (Å²) in [7, 11) is 0. The molecular formula is C24H22ClN5OS2. The van der Waals surface area contributed by atoms with Crippen molar-refractivity contribution >= 4 is 63.9 Å².